The molecule has 0 spiro atoms. The number of aromatic nitrogens is 4. The SMILES string of the molecule is O=C(CCCc1nnc2c(=O)n(-c3ccc(F)c(F)c3)ccn12)N1CCN(c2ccccc2)CC1. The number of hydrogen-bond acceptors (Lipinski definition) is 5. The van der Waals surface area contributed by atoms with Crippen LogP contribution in [-0.2, 0) is 11.2 Å². The van der Waals surface area contributed by atoms with Crippen LogP contribution in [0, 0.1) is 11.6 Å². The molecule has 0 unspecified atom stereocenters. The average Bonchev–Trinajstić information content (AvgIpc) is 3.30. The Morgan fingerprint density at radius 3 is 2.40 bits per heavy atom. The highest BCUT2D eigenvalue weighted by atomic mass is 19.2. The van der Waals surface area contributed by atoms with E-state index >= 15 is 0 Å². The summed E-state index contributed by atoms with van der Waals surface area (Å²) in [5, 5.41) is 8.09. The number of halogens is 2. The molecule has 35 heavy (non-hydrogen) atoms. The standard InChI is InChI=1S/C25H24F2N6O2/c26-20-10-9-19(17-21(20)27)32-15-16-33-22(28-29-24(33)25(32)35)7-4-8-23(34)31-13-11-30(12-14-31)18-5-2-1-3-6-18/h1-3,5-6,9-10,15-17H,4,7-8,11-14H2. The number of carbonyl (C=O) groups excluding carboxylic acids is 1. The fraction of sp³-hybridized carbons (Fsp3) is 0.280. The van der Waals surface area contributed by atoms with Gasteiger partial charge in [0.25, 0.3) is 0 Å². The predicted molar refractivity (Wildman–Crippen MR) is 127 cm³/mol. The Kier molecular flexibility index (Phi) is 6.26. The highest BCUT2D eigenvalue weighted by molar-refractivity contribution is 5.76. The normalized spacial score (nSPS) is 14.0. The minimum Gasteiger partial charge on any atom is -0.368 e. The molecule has 0 atom stereocenters. The first kappa shape index (κ1) is 22.7. The molecule has 3 heterocycles. The Morgan fingerprint density at radius 2 is 1.66 bits per heavy atom. The molecule has 0 bridgehead atoms. The third-order valence-corrected chi connectivity index (χ3v) is 6.27. The molecule has 1 aliphatic heterocycles. The molecule has 1 aliphatic rings. The van der Waals surface area contributed by atoms with Gasteiger partial charge in [-0.3, -0.25) is 18.6 Å². The van der Waals surface area contributed by atoms with Crippen LogP contribution in [0.5, 0.6) is 0 Å². The summed E-state index contributed by atoms with van der Waals surface area (Å²) in [4.78, 5) is 29.7. The lowest BCUT2D eigenvalue weighted by atomic mass is 10.2. The molecular formula is C25H24F2N6O2. The predicted octanol–water partition coefficient (Wildman–Crippen LogP) is 2.83. The summed E-state index contributed by atoms with van der Waals surface area (Å²) in [5.74, 6) is -1.36. The molecule has 1 saturated heterocycles. The summed E-state index contributed by atoms with van der Waals surface area (Å²) in [6.45, 7) is 2.97. The summed E-state index contributed by atoms with van der Waals surface area (Å²) < 4.78 is 29.6. The van der Waals surface area contributed by atoms with Crippen molar-refractivity contribution in [1.29, 1.82) is 0 Å². The van der Waals surface area contributed by atoms with Crippen LogP contribution < -0.4 is 10.5 Å². The molecule has 5 rings (SSSR count). The monoisotopic (exact) mass is 478 g/mol. The Hall–Kier alpha value is -4.08. The topological polar surface area (TPSA) is 75.7 Å². The van der Waals surface area contributed by atoms with Crippen molar-refractivity contribution in [1.82, 2.24) is 24.1 Å². The van der Waals surface area contributed by atoms with Gasteiger partial charge in [-0.2, -0.15) is 0 Å². The molecule has 4 aromatic rings. The number of carbonyl (C=O) groups is 1. The first-order chi connectivity index (χ1) is 17.0. The van der Waals surface area contributed by atoms with Crippen molar-refractivity contribution < 1.29 is 13.6 Å². The van der Waals surface area contributed by atoms with Crippen molar-refractivity contribution >= 4 is 17.2 Å². The number of piperazine rings is 1. The first-order valence-electron chi connectivity index (χ1n) is 11.5. The van der Waals surface area contributed by atoms with Crippen molar-refractivity contribution in [3.05, 3.63) is 88.7 Å². The fourth-order valence-electron chi connectivity index (χ4n) is 4.35. The molecule has 0 N–H and O–H groups in total. The molecule has 0 aliphatic carbocycles. The average molecular weight is 479 g/mol. The van der Waals surface area contributed by atoms with Crippen LogP contribution in [0.3, 0.4) is 0 Å². The molecular weight excluding hydrogens is 454 g/mol. The Balaban J connectivity index is 1.19. The van der Waals surface area contributed by atoms with E-state index in [0.717, 1.165) is 25.2 Å². The third kappa shape index (κ3) is 4.64. The van der Waals surface area contributed by atoms with Crippen molar-refractivity contribution in [2.45, 2.75) is 19.3 Å². The van der Waals surface area contributed by atoms with Crippen LogP contribution in [0.1, 0.15) is 18.7 Å². The Labute approximate surface area is 200 Å². The van der Waals surface area contributed by atoms with E-state index in [1.807, 2.05) is 23.1 Å². The number of benzene rings is 2. The molecule has 2 aromatic carbocycles. The van der Waals surface area contributed by atoms with E-state index in [0.29, 0.717) is 38.2 Å². The quantitative estimate of drug-likeness (QED) is 0.426. The number of anilines is 1. The highest BCUT2D eigenvalue weighted by Crippen LogP contribution is 2.17. The van der Waals surface area contributed by atoms with Gasteiger partial charge in [0.05, 0.1) is 5.69 Å². The molecule has 10 heteroatoms. The lowest BCUT2D eigenvalue weighted by molar-refractivity contribution is -0.131. The molecule has 1 amide bonds. The lowest BCUT2D eigenvalue weighted by Gasteiger charge is -2.36. The molecule has 1 fully saturated rings. The van der Waals surface area contributed by atoms with Gasteiger partial charge in [0.2, 0.25) is 11.6 Å². The van der Waals surface area contributed by atoms with Gasteiger partial charge in [-0.25, -0.2) is 8.78 Å². The van der Waals surface area contributed by atoms with Gasteiger partial charge in [0, 0.05) is 63.2 Å². The summed E-state index contributed by atoms with van der Waals surface area (Å²) in [7, 11) is 0. The number of rotatable bonds is 6. The van der Waals surface area contributed by atoms with Gasteiger partial charge in [0.15, 0.2) is 11.6 Å². The van der Waals surface area contributed by atoms with Crippen LogP contribution in [0.25, 0.3) is 11.3 Å². The number of para-hydroxylation sites is 1. The second-order valence-corrected chi connectivity index (χ2v) is 8.44. The van der Waals surface area contributed by atoms with Gasteiger partial charge >= 0.3 is 5.56 Å². The second kappa shape index (κ2) is 9.65. The molecule has 0 radical (unpaired) electrons. The van der Waals surface area contributed by atoms with E-state index < -0.39 is 17.2 Å². The largest absolute Gasteiger partial charge is 0.368 e. The van der Waals surface area contributed by atoms with Gasteiger partial charge in [-0.05, 0) is 30.7 Å². The first-order valence-corrected chi connectivity index (χ1v) is 11.5. The van der Waals surface area contributed by atoms with Crippen LogP contribution in [0.2, 0.25) is 0 Å². The van der Waals surface area contributed by atoms with Gasteiger partial charge in [-0.15, -0.1) is 10.2 Å². The molecule has 0 saturated carbocycles. The smallest absolute Gasteiger partial charge is 0.300 e. The Morgan fingerprint density at radius 1 is 0.886 bits per heavy atom. The van der Waals surface area contributed by atoms with E-state index in [-0.39, 0.29) is 17.2 Å². The van der Waals surface area contributed by atoms with Crippen LogP contribution >= 0.6 is 0 Å². The summed E-state index contributed by atoms with van der Waals surface area (Å²) in [6, 6.07) is 13.4. The van der Waals surface area contributed by atoms with Crippen LogP contribution in [-0.4, -0.2) is 56.2 Å². The zero-order valence-electron chi connectivity index (χ0n) is 19.0. The van der Waals surface area contributed by atoms with Gasteiger partial charge < -0.3 is 9.80 Å². The van der Waals surface area contributed by atoms with Crippen molar-refractivity contribution in [3.63, 3.8) is 0 Å². The minimum atomic E-state index is -1.04. The maximum Gasteiger partial charge on any atom is 0.300 e. The van der Waals surface area contributed by atoms with Crippen molar-refractivity contribution in [2.24, 2.45) is 0 Å². The number of nitrogens with zero attached hydrogens (tertiary/aromatic N) is 6. The van der Waals surface area contributed by atoms with Crippen molar-refractivity contribution in [2.75, 3.05) is 31.1 Å². The number of fused-ring (bicyclic) bond motifs is 1. The van der Waals surface area contributed by atoms with E-state index in [2.05, 4.69) is 27.2 Å². The number of hydrogen-bond donors (Lipinski definition) is 0. The Bertz CT molecular complexity index is 1410. The molecule has 8 nitrogen and oxygen atoms in total. The molecule has 2 aromatic heterocycles. The van der Waals surface area contributed by atoms with Crippen LogP contribution in [0.4, 0.5) is 14.5 Å². The van der Waals surface area contributed by atoms with Gasteiger partial charge in [0.1, 0.15) is 5.82 Å². The maximum atomic E-state index is 13.6. The number of amides is 1. The summed E-state index contributed by atoms with van der Waals surface area (Å²) >= 11 is 0. The van der Waals surface area contributed by atoms with Gasteiger partial charge in [-0.1, -0.05) is 18.2 Å². The maximum absolute atomic E-state index is 13.6. The molecule has 180 valence electrons. The van der Waals surface area contributed by atoms with Crippen LogP contribution in [0.15, 0.2) is 65.7 Å². The fourth-order valence-corrected chi connectivity index (χ4v) is 4.35. The highest BCUT2D eigenvalue weighted by Gasteiger charge is 2.21. The minimum absolute atomic E-state index is 0.0793. The summed E-state index contributed by atoms with van der Waals surface area (Å²) in [6.07, 6.45) is 4.51. The van der Waals surface area contributed by atoms with E-state index in [4.69, 9.17) is 0 Å². The second-order valence-electron chi connectivity index (χ2n) is 8.44. The van der Waals surface area contributed by atoms with E-state index in [9.17, 15) is 18.4 Å². The third-order valence-electron chi connectivity index (χ3n) is 6.27. The lowest BCUT2D eigenvalue weighted by Crippen LogP contribution is -2.48. The summed E-state index contributed by atoms with van der Waals surface area (Å²) in [5.41, 5.74) is 0.945. The number of aryl methyl sites for hydroxylation is 1. The zero-order chi connectivity index (χ0) is 24.4. The van der Waals surface area contributed by atoms with Crippen molar-refractivity contribution in [3.8, 4) is 5.69 Å². The van der Waals surface area contributed by atoms with E-state index in [1.54, 1.807) is 10.6 Å². The van der Waals surface area contributed by atoms with E-state index in [1.165, 1.54) is 22.5 Å². The zero-order valence-corrected chi connectivity index (χ0v) is 19.0.